The van der Waals surface area contributed by atoms with E-state index < -0.39 is 10.0 Å². The van der Waals surface area contributed by atoms with Crippen LogP contribution in [0.4, 0.5) is 5.82 Å². The molecule has 0 saturated heterocycles. The van der Waals surface area contributed by atoms with Gasteiger partial charge in [-0.15, -0.1) is 10.2 Å². The summed E-state index contributed by atoms with van der Waals surface area (Å²) < 4.78 is 27.3. The number of hydrogen-bond acceptors (Lipinski definition) is 4. The van der Waals surface area contributed by atoms with Crippen molar-refractivity contribution in [3.63, 3.8) is 0 Å². The fraction of sp³-hybridized carbons (Fsp3) is 0.143. The third-order valence-corrected chi connectivity index (χ3v) is 6.64. The summed E-state index contributed by atoms with van der Waals surface area (Å²) in [6.07, 6.45) is 2.96. The molecule has 3 aromatic rings. The van der Waals surface area contributed by atoms with Crippen LogP contribution in [0.2, 0.25) is 0 Å². The number of nitrogens with zero attached hydrogens (tertiary/aromatic N) is 3. The van der Waals surface area contributed by atoms with Gasteiger partial charge in [0.25, 0.3) is 10.0 Å². The number of sulfonamides is 1. The molecule has 2 aromatic carbocycles. The average molecular weight is 377 g/mol. The van der Waals surface area contributed by atoms with Gasteiger partial charge in [-0.1, -0.05) is 54.6 Å². The predicted octanol–water partition coefficient (Wildman–Crippen LogP) is 3.90. The van der Waals surface area contributed by atoms with E-state index >= 15 is 0 Å². The van der Waals surface area contributed by atoms with Crippen LogP contribution in [0.5, 0.6) is 0 Å². The molecule has 0 amide bonds. The lowest BCUT2D eigenvalue weighted by atomic mass is 9.98. The van der Waals surface area contributed by atoms with E-state index in [0.29, 0.717) is 29.3 Å². The Bertz CT molecular complexity index is 1090. The smallest absolute Gasteiger partial charge is 0.252 e. The molecule has 0 saturated carbocycles. The van der Waals surface area contributed by atoms with Gasteiger partial charge in [0.15, 0.2) is 5.82 Å². The number of benzene rings is 2. The van der Waals surface area contributed by atoms with Gasteiger partial charge in [0.1, 0.15) is 0 Å². The maximum absolute atomic E-state index is 13.0. The molecule has 1 aromatic heterocycles. The monoisotopic (exact) mass is 377 g/mol. The molecule has 1 aliphatic carbocycles. The van der Waals surface area contributed by atoms with Gasteiger partial charge in [0, 0.05) is 12.6 Å². The second kappa shape index (κ2) is 6.96. The van der Waals surface area contributed by atoms with Crippen LogP contribution in [0.1, 0.15) is 17.5 Å². The number of aromatic nitrogens is 2. The number of anilines is 1. The van der Waals surface area contributed by atoms with E-state index in [4.69, 9.17) is 0 Å². The van der Waals surface area contributed by atoms with E-state index in [2.05, 4.69) is 10.2 Å². The van der Waals surface area contributed by atoms with Crippen LogP contribution in [0.25, 0.3) is 17.3 Å². The molecule has 0 radical (unpaired) electrons. The third kappa shape index (κ3) is 3.36. The van der Waals surface area contributed by atoms with Gasteiger partial charge in [-0.2, -0.15) is 0 Å². The molecule has 0 N–H and O–H groups in total. The molecule has 136 valence electrons. The third-order valence-electron chi connectivity index (χ3n) is 4.75. The second-order valence-electron chi connectivity index (χ2n) is 6.42. The van der Waals surface area contributed by atoms with Crippen LogP contribution in [0.15, 0.2) is 71.6 Å². The maximum Gasteiger partial charge on any atom is 0.261 e. The Balaban J connectivity index is 1.62. The van der Waals surface area contributed by atoms with Crippen molar-refractivity contribution >= 4 is 21.9 Å². The van der Waals surface area contributed by atoms with Crippen molar-refractivity contribution in [2.24, 2.45) is 0 Å². The minimum absolute atomic E-state index is 0.300. The van der Waals surface area contributed by atoms with Crippen LogP contribution < -0.4 is 4.31 Å². The van der Waals surface area contributed by atoms with Crippen LogP contribution in [0, 0.1) is 0 Å². The van der Waals surface area contributed by atoms with Gasteiger partial charge in [-0.05, 0) is 42.2 Å². The molecule has 0 atom stereocenters. The largest absolute Gasteiger partial charge is 0.261 e. The van der Waals surface area contributed by atoms with Gasteiger partial charge >= 0.3 is 0 Å². The van der Waals surface area contributed by atoms with Crippen molar-refractivity contribution in [3.8, 4) is 11.3 Å². The Morgan fingerprint density at radius 1 is 0.852 bits per heavy atom. The molecule has 0 spiro atoms. The lowest BCUT2D eigenvalue weighted by Crippen LogP contribution is -2.29. The molecular formula is C21H19N3O2S. The first-order valence-electron chi connectivity index (χ1n) is 8.72. The summed E-state index contributed by atoms with van der Waals surface area (Å²) in [6, 6.07) is 21.0. The quantitative estimate of drug-likeness (QED) is 0.692. The van der Waals surface area contributed by atoms with Crippen LogP contribution in [-0.4, -0.2) is 25.7 Å². The molecule has 1 heterocycles. The fourth-order valence-electron chi connectivity index (χ4n) is 3.16. The standard InChI is InChI=1S/C21H19N3O2S/c1-24(21-14-13-20(22-23-21)17-8-3-2-4-9-17)27(25,26)19-12-11-16-7-5-6-10-18(16)15-19/h2-10,13-15H,11-12H2,1H3. The second-order valence-corrected chi connectivity index (χ2v) is 8.45. The van der Waals surface area contributed by atoms with Crippen molar-refractivity contribution in [1.82, 2.24) is 10.2 Å². The molecule has 4 rings (SSSR count). The highest BCUT2D eigenvalue weighted by atomic mass is 32.2. The fourth-order valence-corrected chi connectivity index (χ4v) is 4.50. The minimum atomic E-state index is -3.64. The molecule has 0 unspecified atom stereocenters. The lowest BCUT2D eigenvalue weighted by Gasteiger charge is -2.23. The number of allylic oxidation sites excluding steroid dienone is 1. The minimum Gasteiger partial charge on any atom is -0.252 e. The number of fused-ring (bicyclic) bond motifs is 1. The summed E-state index contributed by atoms with van der Waals surface area (Å²) in [5, 5.41) is 8.32. The van der Waals surface area contributed by atoms with Gasteiger partial charge in [-0.25, -0.2) is 8.42 Å². The first-order chi connectivity index (χ1) is 13.1. The summed E-state index contributed by atoms with van der Waals surface area (Å²) in [5.74, 6) is 0.300. The topological polar surface area (TPSA) is 63.2 Å². The Morgan fingerprint density at radius 3 is 2.33 bits per heavy atom. The molecule has 27 heavy (non-hydrogen) atoms. The maximum atomic E-state index is 13.0. The summed E-state index contributed by atoms with van der Waals surface area (Å²) >= 11 is 0. The molecule has 5 nitrogen and oxygen atoms in total. The van der Waals surface area contributed by atoms with Crippen molar-refractivity contribution in [2.75, 3.05) is 11.4 Å². The number of rotatable bonds is 4. The molecule has 0 aliphatic heterocycles. The molecule has 0 bridgehead atoms. The highest BCUT2D eigenvalue weighted by Crippen LogP contribution is 2.30. The molecule has 1 aliphatic rings. The molecule has 6 heteroatoms. The SMILES string of the molecule is CN(c1ccc(-c2ccccc2)nn1)S(=O)(=O)C1=Cc2ccccc2CC1. The van der Waals surface area contributed by atoms with Gasteiger partial charge in [0.05, 0.1) is 10.6 Å². The van der Waals surface area contributed by atoms with E-state index in [1.807, 2.05) is 54.6 Å². The predicted molar refractivity (Wildman–Crippen MR) is 108 cm³/mol. The van der Waals surface area contributed by atoms with Crippen molar-refractivity contribution in [1.29, 1.82) is 0 Å². The lowest BCUT2D eigenvalue weighted by molar-refractivity contribution is 0.597. The van der Waals surface area contributed by atoms with Gasteiger partial charge in [0.2, 0.25) is 0 Å². The van der Waals surface area contributed by atoms with Crippen LogP contribution >= 0.6 is 0 Å². The van der Waals surface area contributed by atoms with Gasteiger partial charge in [-0.3, -0.25) is 4.31 Å². The van der Waals surface area contributed by atoms with Crippen LogP contribution in [-0.2, 0) is 16.4 Å². The first kappa shape index (κ1) is 17.4. The van der Waals surface area contributed by atoms with E-state index in [-0.39, 0.29) is 0 Å². The van der Waals surface area contributed by atoms with E-state index in [0.717, 1.165) is 11.1 Å². The van der Waals surface area contributed by atoms with Gasteiger partial charge < -0.3 is 0 Å². The highest BCUT2D eigenvalue weighted by Gasteiger charge is 2.27. The summed E-state index contributed by atoms with van der Waals surface area (Å²) in [4.78, 5) is 0.401. The zero-order valence-electron chi connectivity index (χ0n) is 14.9. The summed E-state index contributed by atoms with van der Waals surface area (Å²) in [7, 11) is -2.13. The molecule has 0 fully saturated rings. The highest BCUT2D eigenvalue weighted by molar-refractivity contribution is 7.96. The van der Waals surface area contributed by atoms with Crippen molar-refractivity contribution in [3.05, 3.63) is 82.8 Å². The normalized spacial score (nSPS) is 13.6. The Hall–Kier alpha value is -2.99. The molecular weight excluding hydrogens is 358 g/mol. The van der Waals surface area contributed by atoms with Crippen LogP contribution in [0.3, 0.4) is 0 Å². The first-order valence-corrected chi connectivity index (χ1v) is 10.2. The van der Waals surface area contributed by atoms with E-state index in [9.17, 15) is 8.42 Å². The number of hydrogen-bond donors (Lipinski definition) is 0. The van der Waals surface area contributed by atoms with E-state index in [1.165, 1.54) is 16.9 Å². The average Bonchev–Trinajstić information content (AvgIpc) is 2.73. The summed E-state index contributed by atoms with van der Waals surface area (Å²) in [6.45, 7) is 0. The van der Waals surface area contributed by atoms with Crippen molar-refractivity contribution < 1.29 is 8.42 Å². The Labute approximate surface area is 159 Å². The Kier molecular flexibility index (Phi) is 4.49. The zero-order chi connectivity index (χ0) is 18.9. The van der Waals surface area contributed by atoms with E-state index in [1.54, 1.807) is 18.2 Å². The summed E-state index contributed by atoms with van der Waals surface area (Å²) in [5.41, 5.74) is 3.77. The number of aryl methyl sites for hydroxylation is 1. The zero-order valence-corrected chi connectivity index (χ0v) is 15.7. The van der Waals surface area contributed by atoms with Crippen molar-refractivity contribution in [2.45, 2.75) is 12.8 Å². The Morgan fingerprint density at radius 2 is 1.59 bits per heavy atom.